The number of likely N-dealkylation sites (tertiary alicyclic amines) is 1. The average molecular weight is 363 g/mol. The summed E-state index contributed by atoms with van der Waals surface area (Å²) in [5.41, 5.74) is 3.22. The van der Waals surface area contributed by atoms with Crippen LogP contribution >= 0.6 is 0 Å². The molecule has 5 nitrogen and oxygen atoms in total. The molecule has 2 aromatic rings. The number of rotatable bonds is 6. The molecular formula is C22H25N3O2. The molecule has 4 rings (SSSR count). The highest BCUT2D eigenvalue weighted by atomic mass is 16.2. The van der Waals surface area contributed by atoms with Gasteiger partial charge in [-0.15, -0.1) is 0 Å². The highest BCUT2D eigenvalue weighted by Gasteiger charge is 2.46. The van der Waals surface area contributed by atoms with Crippen molar-refractivity contribution in [1.82, 2.24) is 15.2 Å². The normalized spacial score (nSPS) is 20.6. The number of carbonyl (C=O) groups is 2. The summed E-state index contributed by atoms with van der Waals surface area (Å²) < 4.78 is 0. The molecule has 1 saturated heterocycles. The van der Waals surface area contributed by atoms with Gasteiger partial charge >= 0.3 is 0 Å². The topological polar surface area (TPSA) is 62.3 Å². The Morgan fingerprint density at radius 3 is 2.81 bits per heavy atom. The van der Waals surface area contributed by atoms with E-state index >= 15 is 0 Å². The lowest BCUT2D eigenvalue weighted by molar-refractivity contribution is -0.129. The van der Waals surface area contributed by atoms with Crippen molar-refractivity contribution in [2.75, 3.05) is 6.54 Å². The number of nitrogens with zero attached hydrogens (tertiary/aromatic N) is 2. The van der Waals surface area contributed by atoms with E-state index in [2.05, 4.69) is 41.5 Å². The number of benzene rings is 1. The first-order valence-corrected chi connectivity index (χ1v) is 9.58. The first kappa shape index (κ1) is 17.7. The van der Waals surface area contributed by atoms with Gasteiger partial charge in [-0.1, -0.05) is 35.9 Å². The van der Waals surface area contributed by atoms with E-state index in [0.29, 0.717) is 19.5 Å². The zero-order chi connectivity index (χ0) is 18.9. The monoisotopic (exact) mass is 363 g/mol. The molecule has 0 spiro atoms. The highest BCUT2D eigenvalue weighted by Crippen LogP contribution is 2.39. The molecule has 5 heteroatoms. The molecule has 2 heterocycles. The zero-order valence-electron chi connectivity index (χ0n) is 15.6. The minimum Gasteiger partial charge on any atom is -0.350 e. The van der Waals surface area contributed by atoms with Crippen LogP contribution in [-0.4, -0.2) is 33.8 Å². The summed E-state index contributed by atoms with van der Waals surface area (Å²) in [6.45, 7) is 3.03. The number of amides is 2. The summed E-state index contributed by atoms with van der Waals surface area (Å²) in [5.74, 6) is -0.224. The third-order valence-electron chi connectivity index (χ3n) is 5.53. The van der Waals surface area contributed by atoms with E-state index in [1.54, 1.807) is 11.1 Å². The summed E-state index contributed by atoms with van der Waals surface area (Å²) in [5, 5.41) is 3.25. The number of carbonyl (C=O) groups excluding carboxylic acids is 2. The van der Waals surface area contributed by atoms with Crippen LogP contribution in [0, 0.1) is 12.8 Å². The Balaban J connectivity index is 1.35. The van der Waals surface area contributed by atoms with Crippen LogP contribution in [0.5, 0.6) is 0 Å². The number of hydrogen-bond donors (Lipinski definition) is 1. The molecule has 1 aliphatic carbocycles. The van der Waals surface area contributed by atoms with Crippen molar-refractivity contribution < 1.29 is 9.59 Å². The van der Waals surface area contributed by atoms with Crippen LogP contribution in [0.2, 0.25) is 0 Å². The molecule has 1 N–H and O–H groups in total. The van der Waals surface area contributed by atoms with Gasteiger partial charge < -0.3 is 10.2 Å². The second-order valence-corrected chi connectivity index (χ2v) is 7.93. The second kappa shape index (κ2) is 7.14. The van der Waals surface area contributed by atoms with Gasteiger partial charge in [0.05, 0.1) is 18.2 Å². The third-order valence-corrected chi connectivity index (χ3v) is 5.53. The third kappa shape index (κ3) is 4.18. The van der Waals surface area contributed by atoms with Gasteiger partial charge in [0, 0.05) is 24.7 Å². The van der Waals surface area contributed by atoms with Crippen LogP contribution in [0.25, 0.3) is 0 Å². The van der Waals surface area contributed by atoms with Gasteiger partial charge in [-0.2, -0.15) is 0 Å². The number of hydrogen-bond acceptors (Lipinski definition) is 3. The largest absolute Gasteiger partial charge is 0.350 e. The Morgan fingerprint density at radius 1 is 1.26 bits per heavy atom. The average Bonchev–Trinajstić information content (AvgIpc) is 3.29. The van der Waals surface area contributed by atoms with Gasteiger partial charge in [0.1, 0.15) is 0 Å². The molecule has 2 amide bonds. The van der Waals surface area contributed by atoms with Crippen molar-refractivity contribution in [2.24, 2.45) is 5.92 Å². The Labute approximate surface area is 159 Å². The molecule has 140 valence electrons. The van der Waals surface area contributed by atoms with Crippen LogP contribution in [0.4, 0.5) is 0 Å². The van der Waals surface area contributed by atoms with E-state index in [1.165, 1.54) is 11.1 Å². The Bertz CT molecular complexity index is 846. The van der Waals surface area contributed by atoms with E-state index in [0.717, 1.165) is 25.0 Å². The Morgan fingerprint density at radius 2 is 2.11 bits per heavy atom. The molecule has 27 heavy (non-hydrogen) atoms. The molecule has 2 fully saturated rings. The SMILES string of the molecule is Cc1cccc(CC2(NC(=O)[C@@H]3CC(=O)N(Cc4ccccn4)C3)CC2)c1. The summed E-state index contributed by atoms with van der Waals surface area (Å²) in [4.78, 5) is 31.1. The van der Waals surface area contributed by atoms with Crippen LogP contribution in [0.1, 0.15) is 36.1 Å². The maximum absolute atomic E-state index is 12.8. The van der Waals surface area contributed by atoms with Crippen molar-refractivity contribution >= 4 is 11.8 Å². The molecule has 1 aliphatic heterocycles. The Kier molecular flexibility index (Phi) is 4.68. The summed E-state index contributed by atoms with van der Waals surface area (Å²) in [6, 6.07) is 14.1. The minimum absolute atomic E-state index is 0.0111. The first-order valence-electron chi connectivity index (χ1n) is 9.58. The van der Waals surface area contributed by atoms with Crippen LogP contribution in [-0.2, 0) is 22.6 Å². The fourth-order valence-electron chi connectivity index (χ4n) is 3.86. The number of aromatic nitrogens is 1. The lowest BCUT2D eigenvalue weighted by Crippen LogP contribution is -2.42. The molecule has 1 atom stereocenters. The molecule has 0 bridgehead atoms. The van der Waals surface area contributed by atoms with Crippen molar-refractivity contribution in [2.45, 2.75) is 44.7 Å². The number of aryl methyl sites for hydroxylation is 1. The lowest BCUT2D eigenvalue weighted by atomic mass is 10.0. The fourth-order valence-corrected chi connectivity index (χ4v) is 3.86. The fraction of sp³-hybridized carbons (Fsp3) is 0.409. The smallest absolute Gasteiger partial charge is 0.225 e. The van der Waals surface area contributed by atoms with Gasteiger partial charge in [0.15, 0.2) is 0 Å². The first-order chi connectivity index (χ1) is 13.0. The molecular weight excluding hydrogens is 338 g/mol. The summed E-state index contributed by atoms with van der Waals surface area (Å²) in [7, 11) is 0. The quantitative estimate of drug-likeness (QED) is 0.858. The summed E-state index contributed by atoms with van der Waals surface area (Å²) in [6.07, 6.45) is 4.89. The number of pyridine rings is 1. The maximum Gasteiger partial charge on any atom is 0.225 e. The maximum atomic E-state index is 12.8. The van der Waals surface area contributed by atoms with E-state index in [4.69, 9.17) is 0 Å². The van der Waals surface area contributed by atoms with E-state index in [9.17, 15) is 9.59 Å². The second-order valence-electron chi connectivity index (χ2n) is 7.93. The van der Waals surface area contributed by atoms with Crippen molar-refractivity contribution in [3.05, 3.63) is 65.5 Å². The standard InChI is InChI=1S/C22H25N3O2/c1-16-5-4-6-17(11-16)13-22(8-9-22)24-21(27)18-12-20(26)25(14-18)15-19-7-2-3-10-23-19/h2-7,10-11,18H,8-9,12-15H2,1H3,(H,24,27)/t18-/m1/s1. The Hall–Kier alpha value is -2.69. The minimum atomic E-state index is -0.267. The summed E-state index contributed by atoms with van der Waals surface area (Å²) >= 11 is 0. The van der Waals surface area contributed by atoms with E-state index in [1.807, 2.05) is 18.2 Å². The molecule has 0 unspecified atom stereocenters. The predicted octanol–water partition coefficient (Wildman–Crippen LogP) is 2.63. The molecule has 1 saturated carbocycles. The molecule has 0 radical (unpaired) electrons. The van der Waals surface area contributed by atoms with Crippen LogP contribution in [0.15, 0.2) is 48.7 Å². The van der Waals surface area contributed by atoms with Crippen molar-refractivity contribution in [1.29, 1.82) is 0 Å². The molecule has 1 aromatic heterocycles. The highest BCUT2D eigenvalue weighted by molar-refractivity contribution is 5.89. The van der Waals surface area contributed by atoms with E-state index in [-0.39, 0.29) is 23.3 Å². The van der Waals surface area contributed by atoms with Gasteiger partial charge in [-0.3, -0.25) is 14.6 Å². The van der Waals surface area contributed by atoms with Gasteiger partial charge in [0.25, 0.3) is 0 Å². The lowest BCUT2D eigenvalue weighted by Gasteiger charge is -2.21. The van der Waals surface area contributed by atoms with Crippen molar-refractivity contribution in [3.8, 4) is 0 Å². The van der Waals surface area contributed by atoms with E-state index < -0.39 is 0 Å². The van der Waals surface area contributed by atoms with Gasteiger partial charge in [-0.05, 0) is 43.9 Å². The molecule has 2 aliphatic rings. The van der Waals surface area contributed by atoms with Gasteiger partial charge in [0.2, 0.25) is 11.8 Å². The van der Waals surface area contributed by atoms with Crippen LogP contribution in [0.3, 0.4) is 0 Å². The number of nitrogens with one attached hydrogen (secondary N) is 1. The van der Waals surface area contributed by atoms with Crippen LogP contribution < -0.4 is 5.32 Å². The van der Waals surface area contributed by atoms with Crippen molar-refractivity contribution in [3.63, 3.8) is 0 Å². The zero-order valence-corrected chi connectivity index (χ0v) is 15.6. The molecule has 1 aromatic carbocycles. The predicted molar refractivity (Wildman–Crippen MR) is 103 cm³/mol. The van der Waals surface area contributed by atoms with Gasteiger partial charge in [-0.25, -0.2) is 0 Å².